The van der Waals surface area contributed by atoms with Crippen molar-refractivity contribution in [3.63, 3.8) is 0 Å². The summed E-state index contributed by atoms with van der Waals surface area (Å²) in [5.74, 6) is -1.70. The maximum absolute atomic E-state index is 13.9. The number of carboxylic acid groups (broad SMARTS) is 1. The zero-order valence-electron chi connectivity index (χ0n) is 14.2. The van der Waals surface area contributed by atoms with Crippen LogP contribution < -0.4 is 5.32 Å². The van der Waals surface area contributed by atoms with Crippen molar-refractivity contribution < 1.29 is 19.1 Å². The number of anilines is 1. The van der Waals surface area contributed by atoms with E-state index in [1.165, 1.54) is 27.7 Å². The highest BCUT2D eigenvalue weighted by Crippen LogP contribution is 2.21. The smallest absolute Gasteiger partial charge is 0.338 e. The Hall–Kier alpha value is -3.20. The van der Waals surface area contributed by atoms with Gasteiger partial charge in [-0.15, -0.1) is 0 Å². The van der Waals surface area contributed by atoms with Gasteiger partial charge in [-0.1, -0.05) is 17.7 Å². The Morgan fingerprint density at radius 2 is 2.15 bits per heavy atom. The molecule has 0 unspecified atom stereocenters. The predicted molar refractivity (Wildman–Crippen MR) is 95.3 cm³/mol. The largest absolute Gasteiger partial charge is 0.478 e. The van der Waals surface area contributed by atoms with E-state index in [-0.39, 0.29) is 24.5 Å². The molecule has 27 heavy (non-hydrogen) atoms. The van der Waals surface area contributed by atoms with Gasteiger partial charge in [-0.05, 0) is 19.1 Å². The number of amides is 1. The predicted octanol–water partition coefficient (Wildman–Crippen LogP) is 2.57. The van der Waals surface area contributed by atoms with E-state index >= 15 is 0 Å². The first-order valence-electron chi connectivity index (χ1n) is 7.86. The summed E-state index contributed by atoms with van der Waals surface area (Å²) in [5, 5.41) is 19.8. The van der Waals surface area contributed by atoms with E-state index in [0.717, 1.165) is 6.20 Å². The van der Waals surface area contributed by atoms with Gasteiger partial charge in [-0.2, -0.15) is 10.2 Å². The first kappa shape index (κ1) is 18.6. The second kappa shape index (κ2) is 7.58. The van der Waals surface area contributed by atoms with Gasteiger partial charge in [0, 0.05) is 28.5 Å². The molecule has 0 saturated heterocycles. The molecule has 140 valence electrons. The van der Waals surface area contributed by atoms with E-state index in [2.05, 4.69) is 15.5 Å². The Morgan fingerprint density at radius 3 is 2.81 bits per heavy atom. The van der Waals surface area contributed by atoms with Gasteiger partial charge in [0.15, 0.2) is 5.82 Å². The molecule has 0 aliphatic heterocycles. The third-order valence-corrected chi connectivity index (χ3v) is 4.16. The van der Waals surface area contributed by atoms with Crippen molar-refractivity contribution in [2.24, 2.45) is 0 Å². The van der Waals surface area contributed by atoms with E-state index in [0.29, 0.717) is 16.3 Å². The molecule has 0 aliphatic rings. The molecule has 0 fully saturated rings. The van der Waals surface area contributed by atoms with Crippen molar-refractivity contribution in [1.29, 1.82) is 0 Å². The van der Waals surface area contributed by atoms with Crippen LogP contribution in [-0.4, -0.2) is 36.5 Å². The molecule has 0 atom stereocenters. The van der Waals surface area contributed by atoms with Crippen LogP contribution in [0, 0.1) is 12.7 Å². The molecule has 1 aromatic carbocycles. The van der Waals surface area contributed by atoms with E-state index in [4.69, 9.17) is 16.7 Å². The lowest BCUT2D eigenvalue weighted by Gasteiger charge is -2.07. The van der Waals surface area contributed by atoms with Gasteiger partial charge in [0.1, 0.15) is 12.4 Å². The van der Waals surface area contributed by atoms with Crippen LogP contribution in [-0.2, 0) is 17.9 Å². The first-order chi connectivity index (χ1) is 12.8. The summed E-state index contributed by atoms with van der Waals surface area (Å²) in [5.41, 5.74) is 1.00. The fraction of sp³-hybridized carbons (Fsp3) is 0.176. The van der Waals surface area contributed by atoms with Crippen LogP contribution in [0.1, 0.15) is 21.6 Å². The van der Waals surface area contributed by atoms with Crippen molar-refractivity contribution in [2.75, 3.05) is 5.32 Å². The Labute approximate surface area is 158 Å². The number of hydrogen-bond acceptors (Lipinski definition) is 4. The SMILES string of the molecule is Cc1cc(NC(=O)Cn2cc(C(=O)O)cn2)nn1Cc1c(F)cccc1Cl. The highest BCUT2D eigenvalue weighted by Gasteiger charge is 2.13. The van der Waals surface area contributed by atoms with Crippen molar-refractivity contribution >= 4 is 29.3 Å². The minimum absolute atomic E-state index is 0.00955. The average Bonchev–Trinajstić information content (AvgIpc) is 3.18. The van der Waals surface area contributed by atoms with E-state index in [1.54, 1.807) is 19.1 Å². The number of carbonyl (C=O) groups is 2. The third-order valence-electron chi connectivity index (χ3n) is 3.80. The minimum atomic E-state index is -1.12. The van der Waals surface area contributed by atoms with Crippen LogP contribution in [0.4, 0.5) is 10.2 Å². The maximum Gasteiger partial charge on any atom is 0.338 e. The van der Waals surface area contributed by atoms with Crippen LogP contribution in [0.3, 0.4) is 0 Å². The fourth-order valence-electron chi connectivity index (χ4n) is 2.45. The molecule has 0 saturated carbocycles. The quantitative estimate of drug-likeness (QED) is 0.672. The Morgan fingerprint density at radius 1 is 1.37 bits per heavy atom. The van der Waals surface area contributed by atoms with Crippen LogP contribution in [0.2, 0.25) is 5.02 Å². The standard InChI is InChI=1S/C17H15ClFN5O3/c1-10-5-15(21-16(25)9-23-7-11(6-20-23)17(26)27)22-24(10)8-12-13(18)3-2-4-14(12)19/h2-7H,8-9H2,1H3,(H,26,27)(H,21,22,25). The van der Waals surface area contributed by atoms with Crippen molar-refractivity contribution in [2.45, 2.75) is 20.0 Å². The number of hydrogen-bond donors (Lipinski definition) is 2. The number of nitrogens with one attached hydrogen (secondary N) is 1. The zero-order chi connectivity index (χ0) is 19.6. The first-order valence-corrected chi connectivity index (χ1v) is 8.24. The van der Waals surface area contributed by atoms with E-state index in [1.807, 2.05) is 0 Å². The number of benzene rings is 1. The van der Waals surface area contributed by atoms with Crippen LogP contribution in [0.5, 0.6) is 0 Å². The third kappa shape index (κ3) is 4.32. The molecule has 3 aromatic rings. The van der Waals surface area contributed by atoms with E-state index < -0.39 is 17.7 Å². The molecular formula is C17H15ClFN5O3. The highest BCUT2D eigenvalue weighted by atomic mass is 35.5. The molecule has 1 amide bonds. The summed E-state index contributed by atoms with van der Waals surface area (Å²) >= 11 is 6.04. The number of aromatic carboxylic acids is 1. The lowest BCUT2D eigenvalue weighted by atomic mass is 10.2. The normalized spacial score (nSPS) is 10.8. The zero-order valence-corrected chi connectivity index (χ0v) is 14.9. The molecule has 0 radical (unpaired) electrons. The second-order valence-corrected chi connectivity index (χ2v) is 6.22. The molecule has 10 heteroatoms. The lowest BCUT2D eigenvalue weighted by Crippen LogP contribution is -2.19. The summed E-state index contributed by atoms with van der Waals surface area (Å²) in [6.07, 6.45) is 2.42. The molecule has 3 rings (SSSR count). The molecule has 2 aromatic heterocycles. The van der Waals surface area contributed by atoms with Crippen molar-refractivity contribution in [1.82, 2.24) is 19.6 Å². The molecule has 0 aliphatic carbocycles. The second-order valence-electron chi connectivity index (χ2n) is 5.81. The summed E-state index contributed by atoms with van der Waals surface area (Å²) in [6.45, 7) is 1.72. The molecule has 0 spiro atoms. The number of rotatable bonds is 6. The highest BCUT2D eigenvalue weighted by molar-refractivity contribution is 6.31. The topological polar surface area (TPSA) is 102 Å². The maximum atomic E-state index is 13.9. The Bertz CT molecular complexity index is 994. The Balaban J connectivity index is 1.68. The van der Waals surface area contributed by atoms with Gasteiger partial charge in [-0.3, -0.25) is 14.2 Å². The van der Waals surface area contributed by atoms with Gasteiger partial charge in [-0.25, -0.2) is 9.18 Å². The molecule has 0 bridgehead atoms. The van der Waals surface area contributed by atoms with E-state index in [9.17, 15) is 14.0 Å². The summed E-state index contributed by atoms with van der Waals surface area (Å²) < 4.78 is 16.7. The summed E-state index contributed by atoms with van der Waals surface area (Å²) in [4.78, 5) is 22.9. The summed E-state index contributed by atoms with van der Waals surface area (Å²) in [6, 6.07) is 6.07. The molecular weight excluding hydrogens is 377 g/mol. The number of aromatic nitrogens is 4. The number of aryl methyl sites for hydroxylation is 1. The fourth-order valence-corrected chi connectivity index (χ4v) is 2.68. The van der Waals surface area contributed by atoms with Crippen molar-refractivity contribution in [3.05, 3.63) is 64.3 Å². The van der Waals surface area contributed by atoms with Crippen LogP contribution in [0.15, 0.2) is 36.7 Å². The van der Waals surface area contributed by atoms with Gasteiger partial charge >= 0.3 is 5.97 Å². The molecule has 2 N–H and O–H groups in total. The minimum Gasteiger partial charge on any atom is -0.478 e. The number of carboxylic acids is 1. The monoisotopic (exact) mass is 391 g/mol. The van der Waals surface area contributed by atoms with Crippen LogP contribution in [0.25, 0.3) is 0 Å². The van der Waals surface area contributed by atoms with Gasteiger partial charge in [0.05, 0.1) is 18.3 Å². The molecule has 8 nitrogen and oxygen atoms in total. The van der Waals surface area contributed by atoms with Gasteiger partial charge in [0.25, 0.3) is 0 Å². The number of nitrogens with zero attached hydrogens (tertiary/aromatic N) is 4. The van der Waals surface area contributed by atoms with Gasteiger partial charge < -0.3 is 10.4 Å². The van der Waals surface area contributed by atoms with Crippen LogP contribution >= 0.6 is 11.6 Å². The lowest BCUT2D eigenvalue weighted by molar-refractivity contribution is -0.116. The Kier molecular flexibility index (Phi) is 5.22. The number of halogens is 2. The number of carbonyl (C=O) groups excluding carboxylic acids is 1. The summed E-state index contributed by atoms with van der Waals surface area (Å²) in [7, 11) is 0. The average molecular weight is 392 g/mol. The van der Waals surface area contributed by atoms with Gasteiger partial charge in [0.2, 0.25) is 5.91 Å². The van der Waals surface area contributed by atoms with Crippen molar-refractivity contribution in [3.8, 4) is 0 Å². The molecule has 2 heterocycles.